The third-order valence-electron chi connectivity index (χ3n) is 12.6. The number of hydrogen-bond acceptors (Lipinski definition) is 1. The number of benzene rings is 10. The van der Waals surface area contributed by atoms with Gasteiger partial charge in [0.25, 0.3) is 0 Å². The first kappa shape index (κ1) is 31.4. The molecule has 56 heavy (non-hydrogen) atoms. The average molecular weight is 713 g/mol. The van der Waals surface area contributed by atoms with E-state index >= 15 is 0 Å². The van der Waals surface area contributed by atoms with Crippen LogP contribution in [0.15, 0.2) is 186 Å². The van der Waals surface area contributed by atoms with Crippen LogP contribution in [0.4, 0.5) is 0 Å². The molecule has 0 saturated heterocycles. The second-order valence-corrected chi connectivity index (χ2v) is 16.0. The van der Waals surface area contributed by atoms with Crippen LogP contribution in [0.5, 0.6) is 0 Å². The minimum Gasteiger partial charge on any atom is -0.455 e. The van der Waals surface area contributed by atoms with Crippen molar-refractivity contribution in [3.63, 3.8) is 0 Å². The third-order valence-corrected chi connectivity index (χ3v) is 12.6. The van der Waals surface area contributed by atoms with Crippen LogP contribution in [0.25, 0.3) is 110 Å². The van der Waals surface area contributed by atoms with Crippen LogP contribution < -0.4 is 0 Å². The zero-order valence-corrected chi connectivity index (χ0v) is 31.2. The van der Waals surface area contributed by atoms with Gasteiger partial charge in [0.2, 0.25) is 0 Å². The highest BCUT2D eigenvalue weighted by atomic mass is 16.3. The van der Waals surface area contributed by atoms with Gasteiger partial charge in [-0.3, -0.25) is 0 Å². The second-order valence-electron chi connectivity index (χ2n) is 16.0. The fraction of sp³-hybridized carbons (Fsp3) is 0.0545. The number of fused-ring (bicyclic) bond motifs is 12. The molecule has 0 bridgehead atoms. The summed E-state index contributed by atoms with van der Waals surface area (Å²) in [7, 11) is 0. The number of rotatable bonds is 3. The summed E-state index contributed by atoms with van der Waals surface area (Å²) >= 11 is 0. The zero-order valence-electron chi connectivity index (χ0n) is 31.2. The SMILES string of the molecule is CC1(C)c2ccc(-c3ccc4cc(-c5c6ccccc6c(-c6ccccc6)c6ccccc56)ccc4c3)cc2-c2c1ccc1oc3c4ccccc4ccc3c21. The van der Waals surface area contributed by atoms with Crippen LogP contribution in [0.1, 0.15) is 25.0 Å². The van der Waals surface area contributed by atoms with Gasteiger partial charge in [0.1, 0.15) is 11.2 Å². The molecule has 0 fully saturated rings. The van der Waals surface area contributed by atoms with Gasteiger partial charge < -0.3 is 4.42 Å². The maximum Gasteiger partial charge on any atom is 0.143 e. The number of furan rings is 1. The van der Waals surface area contributed by atoms with E-state index in [1.54, 1.807) is 0 Å². The highest BCUT2D eigenvalue weighted by Gasteiger charge is 2.37. The van der Waals surface area contributed by atoms with Gasteiger partial charge in [-0.25, -0.2) is 0 Å². The van der Waals surface area contributed by atoms with Crippen LogP contribution in [-0.4, -0.2) is 0 Å². The van der Waals surface area contributed by atoms with E-state index in [0.29, 0.717) is 0 Å². The van der Waals surface area contributed by atoms with Gasteiger partial charge in [0.05, 0.1) is 0 Å². The molecule has 10 aromatic carbocycles. The van der Waals surface area contributed by atoms with Gasteiger partial charge >= 0.3 is 0 Å². The molecule has 0 atom stereocenters. The first-order valence-electron chi connectivity index (χ1n) is 19.6. The van der Waals surface area contributed by atoms with E-state index in [0.717, 1.165) is 16.6 Å². The largest absolute Gasteiger partial charge is 0.455 e. The number of hydrogen-bond donors (Lipinski definition) is 0. The lowest BCUT2D eigenvalue weighted by atomic mass is 9.82. The Hall–Kier alpha value is -6.96. The lowest BCUT2D eigenvalue weighted by Gasteiger charge is -2.21. The first-order valence-corrected chi connectivity index (χ1v) is 19.6. The zero-order chi connectivity index (χ0) is 37.1. The molecule has 0 spiro atoms. The Kier molecular flexibility index (Phi) is 6.46. The molecule has 1 aliphatic rings. The summed E-state index contributed by atoms with van der Waals surface area (Å²) in [6.07, 6.45) is 0. The van der Waals surface area contributed by atoms with Gasteiger partial charge in [-0.05, 0) is 124 Å². The molecule has 1 nitrogen and oxygen atoms in total. The molecule has 12 rings (SSSR count). The molecule has 1 aromatic heterocycles. The van der Waals surface area contributed by atoms with E-state index in [-0.39, 0.29) is 5.41 Å². The first-order chi connectivity index (χ1) is 27.5. The Morgan fingerprint density at radius 3 is 1.61 bits per heavy atom. The summed E-state index contributed by atoms with van der Waals surface area (Å²) in [4.78, 5) is 0. The Labute approximate surface area is 325 Å². The molecule has 262 valence electrons. The maximum absolute atomic E-state index is 6.65. The van der Waals surface area contributed by atoms with E-state index in [4.69, 9.17) is 4.42 Å². The monoisotopic (exact) mass is 712 g/mol. The smallest absolute Gasteiger partial charge is 0.143 e. The van der Waals surface area contributed by atoms with E-state index in [2.05, 4.69) is 196 Å². The molecule has 0 radical (unpaired) electrons. The lowest BCUT2D eigenvalue weighted by molar-refractivity contribution is 0.657. The van der Waals surface area contributed by atoms with E-state index in [1.807, 2.05) is 0 Å². The summed E-state index contributed by atoms with van der Waals surface area (Å²) in [6, 6.07) is 67.1. The second kappa shape index (κ2) is 11.5. The quantitative estimate of drug-likeness (QED) is 0.166. The van der Waals surface area contributed by atoms with Crippen molar-refractivity contribution in [2.24, 2.45) is 0 Å². The summed E-state index contributed by atoms with van der Waals surface area (Å²) in [6.45, 7) is 4.71. The Morgan fingerprint density at radius 2 is 0.893 bits per heavy atom. The van der Waals surface area contributed by atoms with Crippen LogP contribution in [-0.2, 0) is 5.41 Å². The predicted molar refractivity (Wildman–Crippen MR) is 238 cm³/mol. The third kappa shape index (κ3) is 4.37. The topological polar surface area (TPSA) is 13.1 Å². The molecule has 0 aliphatic heterocycles. The fourth-order valence-electron chi connectivity index (χ4n) is 9.95. The lowest BCUT2D eigenvalue weighted by Crippen LogP contribution is -2.14. The van der Waals surface area contributed by atoms with Gasteiger partial charge in [-0.1, -0.05) is 166 Å². The molecule has 1 heteroatoms. The van der Waals surface area contributed by atoms with Crippen LogP contribution in [0, 0.1) is 0 Å². The standard InChI is InChI=1S/C55H36O/c1-55(2)47-27-25-38(32-46(47)52-48(55)28-29-49-53(52)45-26-24-33-12-6-7-15-40(33)54(45)56-49)36-20-21-37-31-39(23-22-35(37)30-36)51-43-18-10-8-16-41(43)50(34-13-4-3-5-14-34)42-17-9-11-19-44(42)51/h3-32H,1-2H3. The van der Waals surface area contributed by atoms with Crippen molar-refractivity contribution in [1.82, 2.24) is 0 Å². The maximum atomic E-state index is 6.65. The predicted octanol–water partition coefficient (Wildman–Crippen LogP) is 15.5. The molecule has 0 saturated carbocycles. The van der Waals surface area contributed by atoms with Crippen molar-refractivity contribution in [2.75, 3.05) is 0 Å². The Balaban J connectivity index is 1.00. The molecule has 11 aromatic rings. The average Bonchev–Trinajstić information content (AvgIpc) is 3.74. The van der Waals surface area contributed by atoms with Crippen LogP contribution in [0.3, 0.4) is 0 Å². The summed E-state index contributed by atoms with van der Waals surface area (Å²) in [5.41, 5.74) is 14.6. The van der Waals surface area contributed by atoms with Gasteiger partial charge in [-0.15, -0.1) is 0 Å². The molecule has 0 N–H and O–H groups in total. The van der Waals surface area contributed by atoms with Gasteiger partial charge in [0.15, 0.2) is 0 Å². The van der Waals surface area contributed by atoms with Gasteiger partial charge in [0, 0.05) is 21.6 Å². The molecule has 0 unspecified atom stereocenters. The van der Waals surface area contributed by atoms with E-state index < -0.39 is 0 Å². The fourth-order valence-corrected chi connectivity index (χ4v) is 9.95. The summed E-state index contributed by atoms with van der Waals surface area (Å²) in [5.74, 6) is 0. The van der Waals surface area contributed by atoms with Crippen molar-refractivity contribution in [2.45, 2.75) is 19.3 Å². The minimum absolute atomic E-state index is 0.120. The summed E-state index contributed by atoms with van der Waals surface area (Å²) in [5, 5.41) is 12.3. The molecular formula is C55H36O. The van der Waals surface area contributed by atoms with Crippen molar-refractivity contribution in [3.8, 4) is 44.5 Å². The Morgan fingerprint density at radius 1 is 0.357 bits per heavy atom. The van der Waals surface area contributed by atoms with Crippen molar-refractivity contribution >= 4 is 65.0 Å². The van der Waals surface area contributed by atoms with E-state index in [9.17, 15) is 0 Å². The molecule has 1 aliphatic carbocycles. The van der Waals surface area contributed by atoms with Crippen molar-refractivity contribution in [1.29, 1.82) is 0 Å². The van der Waals surface area contributed by atoms with Crippen molar-refractivity contribution < 1.29 is 4.42 Å². The van der Waals surface area contributed by atoms with Crippen molar-refractivity contribution in [3.05, 3.63) is 193 Å². The molecule has 1 heterocycles. The highest BCUT2D eigenvalue weighted by molar-refractivity contribution is 6.22. The van der Waals surface area contributed by atoms with E-state index in [1.165, 1.54) is 104 Å². The minimum atomic E-state index is -0.120. The molecule has 0 amide bonds. The van der Waals surface area contributed by atoms with Gasteiger partial charge in [-0.2, -0.15) is 0 Å². The molecular weight excluding hydrogens is 677 g/mol. The highest BCUT2D eigenvalue weighted by Crippen LogP contribution is 2.54. The van der Waals surface area contributed by atoms with Crippen LogP contribution >= 0.6 is 0 Å². The Bertz CT molecular complexity index is 3380. The normalized spacial score (nSPS) is 13.3. The summed E-state index contributed by atoms with van der Waals surface area (Å²) < 4.78 is 6.65. The van der Waals surface area contributed by atoms with Crippen LogP contribution in [0.2, 0.25) is 0 Å².